The summed E-state index contributed by atoms with van der Waals surface area (Å²) >= 11 is 0. The molecule has 0 heterocycles. The average molecular weight is 474 g/mol. The summed E-state index contributed by atoms with van der Waals surface area (Å²) < 4.78 is 181. The molecule has 0 N–H and O–H groups in total. The van der Waals surface area contributed by atoms with Crippen molar-refractivity contribution in [2.24, 2.45) is 0 Å². The molecule has 0 amide bonds. The highest BCUT2D eigenvalue weighted by Crippen LogP contribution is 2.41. The Morgan fingerprint density at radius 2 is 0.406 bits per heavy atom. The highest BCUT2D eigenvalue weighted by Gasteiger charge is 2.37. The molecule has 0 nitrogen and oxygen atoms in total. The van der Waals surface area contributed by atoms with Gasteiger partial charge in [-0.1, -0.05) is 0 Å². The van der Waals surface area contributed by atoms with Gasteiger partial charge < -0.3 is 0 Å². The van der Waals surface area contributed by atoms with Gasteiger partial charge in [0.1, 0.15) is 7.85 Å². The van der Waals surface area contributed by atoms with E-state index in [9.17, 15) is 57.1 Å². The van der Waals surface area contributed by atoms with Crippen LogP contribution < -0.4 is 5.46 Å². The van der Waals surface area contributed by atoms with E-state index in [1.165, 1.54) is 0 Å². The van der Waals surface area contributed by atoms with E-state index in [0.29, 0.717) is 0 Å². The summed E-state index contributed by atoms with van der Waals surface area (Å²) in [6.45, 7) is 0. The fourth-order valence-corrected chi connectivity index (χ4v) is 2.76. The number of hydrogen-bond donors (Lipinski definition) is 0. The molecule has 166 valence electrons. The Balaban J connectivity index is 2.50. The third-order valence-electron chi connectivity index (χ3n) is 4.27. The molecule has 0 bridgehead atoms. The molecule has 0 aliphatic rings. The van der Waals surface area contributed by atoms with Crippen LogP contribution in [0.5, 0.6) is 0 Å². The van der Waals surface area contributed by atoms with Crippen LogP contribution >= 0.6 is 0 Å². The average Bonchev–Trinajstić information content (AvgIpc) is 2.76. The molecule has 0 saturated carbocycles. The maximum absolute atomic E-state index is 14.4. The van der Waals surface area contributed by atoms with Crippen LogP contribution in [0.2, 0.25) is 0 Å². The normalized spacial score (nSPS) is 11.4. The Labute approximate surface area is 169 Å². The van der Waals surface area contributed by atoms with Gasteiger partial charge in [0.25, 0.3) is 0 Å². The Morgan fingerprint density at radius 1 is 0.250 bits per heavy atom. The van der Waals surface area contributed by atoms with Crippen LogP contribution in [0.4, 0.5) is 57.1 Å². The lowest BCUT2D eigenvalue weighted by atomic mass is 9.89. The third-order valence-corrected chi connectivity index (χ3v) is 4.27. The van der Waals surface area contributed by atoms with Crippen LogP contribution in [-0.4, -0.2) is 7.85 Å². The van der Waals surface area contributed by atoms with Gasteiger partial charge in [0.2, 0.25) is 5.82 Å². The highest BCUT2D eigenvalue weighted by molar-refractivity contribution is 6.32. The second-order valence-electron chi connectivity index (χ2n) is 6.00. The van der Waals surface area contributed by atoms with Crippen LogP contribution in [0, 0.1) is 75.6 Å². The molecular weight excluding hydrogens is 474 g/mol. The Hall–Kier alpha value is -3.19. The number of halogens is 13. The van der Waals surface area contributed by atoms with E-state index in [4.69, 9.17) is 0 Å². The van der Waals surface area contributed by atoms with Gasteiger partial charge in [-0.05, 0) is 5.46 Å². The molecule has 0 saturated heterocycles. The first-order valence-electron chi connectivity index (χ1n) is 7.75. The van der Waals surface area contributed by atoms with Crippen molar-refractivity contribution in [3.05, 3.63) is 75.6 Å². The van der Waals surface area contributed by atoms with Crippen LogP contribution in [0.1, 0.15) is 0 Å². The van der Waals surface area contributed by atoms with Gasteiger partial charge in [-0.25, -0.2) is 57.1 Å². The molecule has 0 spiro atoms. The van der Waals surface area contributed by atoms with Crippen molar-refractivity contribution < 1.29 is 57.1 Å². The van der Waals surface area contributed by atoms with E-state index in [1.807, 2.05) is 0 Å². The Morgan fingerprint density at radius 3 is 0.656 bits per heavy atom. The monoisotopic (exact) mass is 474 g/mol. The van der Waals surface area contributed by atoms with E-state index in [2.05, 4.69) is 7.85 Å². The third kappa shape index (κ3) is 3.03. The predicted octanol–water partition coefficient (Wildman–Crippen LogP) is 5.62. The smallest absolute Gasteiger partial charge is 0.200 e. The highest BCUT2D eigenvalue weighted by atomic mass is 19.2. The molecule has 3 aromatic rings. The van der Waals surface area contributed by atoms with Crippen molar-refractivity contribution in [3.63, 3.8) is 0 Å². The zero-order valence-electron chi connectivity index (χ0n) is 14.5. The van der Waals surface area contributed by atoms with Crippen LogP contribution in [0.15, 0.2) is 0 Å². The van der Waals surface area contributed by atoms with Crippen molar-refractivity contribution >= 4 is 13.3 Å². The van der Waals surface area contributed by atoms with E-state index in [-0.39, 0.29) is 0 Å². The standard InChI is InChI=1S/C18BF13/c19-5-14(28)10(24)3(11(25)15(5)29)1-6(20)8(22)2(9(23)7(1)21)4-12(26)16(30)18(32)17(31)13(4)27. The second kappa shape index (κ2) is 7.75. The lowest BCUT2D eigenvalue weighted by Gasteiger charge is -2.16. The SMILES string of the molecule is [B]c1c(F)c(F)c(-c2c(F)c(F)c(-c3c(F)c(F)c(F)c(F)c3F)c(F)c2F)c(F)c1F. The first kappa shape index (κ1) is 23.5. The number of benzene rings is 3. The van der Waals surface area contributed by atoms with Gasteiger partial charge in [0.05, 0.1) is 22.3 Å². The molecular formula is C18BF13. The summed E-state index contributed by atoms with van der Waals surface area (Å²) in [5.74, 6) is -35.7. The molecule has 0 aromatic heterocycles. The van der Waals surface area contributed by atoms with Crippen LogP contribution in [-0.2, 0) is 0 Å². The predicted molar refractivity (Wildman–Crippen MR) is 82.2 cm³/mol. The van der Waals surface area contributed by atoms with Crippen molar-refractivity contribution in [2.75, 3.05) is 0 Å². The lowest BCUT2D eigenvalue weighted by Crippen LogP contribution is -2.20. The van der Waals surface area contributed by atoms with Crippen molar-refractivity contribution in [1.29, 1.82) is 0 Å². The summed E-state index contributed by atoms with van der Waals surface area (Å²) in [6, 6.07) is 0. The van der Waals surface area contributed by atoms with Crippen LogP contribution in [0.25, 0.3) is 22.3 Å². The van der Waals surface area contributed by atoms with E-state index in [0.717, 1.165) is 0 Å². The maximum atomic E-state index is 14.4. The summed E-state index contributed by atoms with van der Waals surface area (Å²) in [7, 11) is 4.69. The van der Waals surface area contributed by atoms with Gasteiger partial charge in [0, 0.05) is 0 Å². The fraction of sp³-hybridized carbons (Fsp3) is 0. The van der Waals surface area contributed by atoms with Crippen molar-refractivity contribution in [1.82, 2.24) is 0 Å². The minimum absolute atomic E-state index is 1.80. The van der Waals surface area contributed by atoms with Gasteiger partial charge >= 0.3 is 0 Å². The first-order chi connectivity index (χ1) is 14.7. The molecule has 0 unspecified atom stereocenters. The summed E-state index contributed by atoms with van der Waals surface area (Å²) in [5, 5.41) is 0. The van der Waals surface area contributed by atoms with E-state index < -0.39 is 103 Å². The fourth-order valence-electron chi connectivity index (χ4n) is 2.76. The Bertz CT molecular complexity index is 1130. The molecule has 0 atom stereocenters. The molecule has 14 heteroatoms. The molecule has 32 heavy (non-hydrogen) atoms. The molecule has 3 aromatic carbocycles. The minimum atomic E-state index is -2.90. The maximum Gasteiger partial charge on any atom is 0.200 e. The van der Waals surface area contributed by atoms with Crippen molar-refractivity contribution in [2.45, 2.75) is 0 Å². The van der Waals surface area contributed by atoms with E-state index in [1.54, 1.807) is 0 Å². The molecule has 0 aliphatic heterocycles. The van der Waals surface area contributed by atoms with Gasteiger partial charge in [-0.2, -0.15) is 0 Å². The Kier molecular flexibility index (Phi) is 5.68. The van der Waals surface area contributed by atoms with Gasteiger partial charge in [-0.15, -0.1) is 0 Å². The van der Waals surface area contributed by atoms with E-state index >= 15 is 0 Å². The molecule has 2 radical (unpaired) electrons. The lowest BCUT2D eigenvalue weighted by molar-refractivity contribution is 0.379. The van der Waals surface area contributed by atoms with Gasteiger partial charge in [0.15, 0.2) is 69.8 Å². The molecule has 0 fully saturated rings. The summed E-state index contributed by atoms with van der Waals surface area (Å²) in [5.41, 5.74) is -11.5. The number of rotatable bonds is 2. The van der Waals surface area contributed by atoms with Crippen molar-refractivity contribution in [3.8, 4) is 22.3 Å². The number of hydrogen-bond acceptors (Lipinski definition) is 0. The summed E-state index contributed by atoms with van der Waals surface area (Å²) in [6.07, 6.45) is 0. The molecule has 0 aliphatic carbocycles. The summed E-state index contributed by atoms with van der Waals surface area (Å²) in [4.78, 5) is 0. The quantitative estimate of drug-likeness (QED) is 0.196. The topological polar surface area (TPSA) is 0 Å². The van der Waals surface area contributed by atoms with Crippen LogP contribution in [0.3, 0.4) is 0 Å². The minimum Gasteiger partial charge on any atom is -0.204 e. The zero-order valence-corrected chi connectivity index (χ0v) is 14.5. The van der Waals surface area contributed by atoms with Gasteiger partial charge in [-0.3, -0.25) is 0 Å². The second-order valence-corrected chi connectivity index (χ2v) is 6.00. The largest absolute Gasteiger partial charge is 0.204 e. The zero-order chi connectivity index (χ0) is 24.4. The molecule has 3 rings (SSSR count). The first-order valence-corrected chi connectivity index (χ1v) is 7.75.